The van der Waals surface area contributed by atoms with Crippen LogP contribution in [0.15, 0.2) is 36.4 Å². The summed E-state index contributed by atoms with van der Waals surface area (Å²) in [5.41, 5.74) is 3.01. The second-order valence-corrected chi connectivity index (χ2v) is 4.16. The number of hydrogen-bond donors (Lipinski definition) is 2. The highest BCUT2D eigenvalue weighted by Crippen LogP contribution is 2.30. The van der Waals surface area contributed by atoms with Crippen LogP contribution in [-0.4, -0.2) is 16.1 Å². The number of rotatable bonds is 1. The zero-order chi connectivity index (χ0) is 12.0. The third-order valence-corrected chi connectivity index (χ3v) is 3.09. The van der Waals surface area contributed by atoms with Crippen LogP contribution in [0.4, 0.5) is 0 Å². The number of carbonyl (C=O) groups is 1. The van der Waals surface area contributed by atoms with Crippen LogP contribution in [0.2, 0.25) is 0 Å². The van der Waals surface area contributed by atoms with Gasteiger partial charge in [-0.15, -0.1) is 0 Å². The Morgan fingerprint density at radius 3 is 2.65 bits per heavy atom. The first kappa shape index (κ1) is 9.90. The summed E-state index contributed by atoms with van der Waals surface area (Å²) < 4.78 is 0. The molecule has 17 heavy (non-hydrogen) atoms. The van der Waals surface area contributed by atoms with Gasteiger partial charge in [0.05, 0.1) is 5.56 Å². The number of aromatic amines is 1. The summed E-state index contributed by atoms with van der Waals surface area (Å²) >= 11 is 0. The third kappa shape index (κ3) is 1.32. The van der Waals surface area contributed by atoms with Crippen LogP contribution in [-0.2, 0) is 0 Å². The Bertz CT molecular complexity index is 740. The molecular formula is C14H11NO2. The maximum Gasteiger partial charge on any atom is 0.336 e. The molecule has 0 saturated heterocycles. The molecule has 0 spiro atoms. The van der Waals surface area contributed by atoms with Gasteiger partial charge in [-0.25, -0.2) is 4.79 Å². The highest BCUT2D eigenvalue weighted by molar-refractivity contribution is 6.16. The summed E-state index contributed by atoms with van der Waals surface area (Å²) in [6.45, 7) is 1.82. The molecule has 0 aliphatic heterocycles. The van der Waals surface area contributed by atoms with Crippen molar-refractivity contribution in [3.05, 3.63) is 47.5 Å². The molecule has 0 radical (unpaired) electrons. The third-order valence-electron chi connectivity index (χ3n) is 3.09. The topological polar surface area (TPSA) is 53.1 Å². The van der Waals surface area contributed by atoms with Gasteiger partial charge in [0, 0.05) is 21.8 Å². The zero-order valence-electron chi connectivity index (χ0n) is 9.32. The number of aromatic nitrogens is 1. The summed E-state index contributed by atoms with van der Waals surface area (Å²) in [6.07, 6.45) is 0. The van der Waals surface area contributed by atoms with Crippen LogP contribution < -0.4 is 0 Å². The predicted octanol–water partition coefficient (Wildman–Crippen LogP) is 3.33. The Balaban J connectivity index is 2.60. The van der Waals surface area contributed by atoms with Crippen molar-refractivity contribution >= 4 is 27.8 Å². The molecule has 3 rings (SSSR count). The van der Waals surface area contributed by atoms with Crippen LogP contribution >= 0.6 is 0 Å². The molecule has 0 bridgehead atoms. The first-order valence-electron chi connectivity index (χ1n) is 5.42. The van der Waals surface area contributed by atoms with Crippen molar-refractivity contribution in [1.82, 2.24) is 4.98 Å². The average molecular weight is 225 g/mol. The minimum absolute atomic E-state index is 0.389. The Hall–Kier alpha value is -2.29. The van der Waals surface area contributed by atoms with Crippen molar-refractivity contribution in [3.8, 4) is 0 Å². The van der Waals surface area contributed by atoms with Gasteiger partial charge in [0.1, 0.15) is 0 Å². The molecule has 0 aliphatic carbocycles. The second kappa shape index (κ2) is 3.35. The molecule has 2 aromatic carbocycles. The van der Waals surface area contributed by atoms with E-state index in [9.17, 15) is 9.90 Å². The summed E-state index contributed by atoms with van der Waals surface area (Å²) in [5, 5.41) is 11.1. The fraction of sp³-hybridized carbons (Fsp3) is 0.0714. The zero-order valence-corrected chi connectivity index (χ0v) is 9.32. The van der Waals surface area contributed by atoms with Gasteiger partial charge in [-0.2, -0.15) is 0 Å². The molecule has 84 valence electrons. The van der Waals surface area contributed by atoms with Crippen molar-refractivity contribution in [3.63, 3.8) is 0 Å². The normalized spacial score (nSPS) is 11.1. The fourth-order valence-corrected chi connectivity index (χ4v) is 2.32. The van der Waals surface area contributed by atoms with E-state index in [-0.39, 0.29) is 0 Å². The first-order valence-corrected chi connectivity index (χ1v) is 5.42. The Morgan fingerprint density at radius 1 is 1.12 bits per heavy atom. The molecule has 0 unspecified atom stereocenters. The molecule has 0 amide bonds. The van der Waals surface area contributed by atoms with Crippen molar-refractivity contribution in [2.75, 3.05) is 0 Å². The monoisotopic (exact) mass is 225 g/mol. The molecule has 1 heterocycles. The lowest BCUT2D eigenvalue weighted by Gasteiger charge is -2.02. The van der Waals surface area contributed by atoms with Crippen LogP contribution in [0.3, 0.4) is 0 Å². The maximum absolute atomic E-state index is 11.4. The molecule has 0 aliphatic rings. The van der Waals surface area contributed by atoms with Crippen LogP contribution in [0.5, 0.6) is 0 Å². The molecule has 1 aromatic heterocycles. The number of carboxylic acids is 1. The van der Waals surface area contributed by atoms with E-state index in [0.29, 0.717) is 5.56 Å². The molecule has 0 atom stereocenters. The van der Waals surface area contributed by atoms with E-state index in [1.54, 1.807) is 0 Å². The lowest BCUT2D eigenvalue weighted by Crippen LogP contribution is -2.00. The van der Waals surface area contributed by atoms with E-state index in [1.165, 1.54) is 0 Å². The molecular weight excluding hydrogens is 214 g/mol. The lowest BCUT2D eigenvalue weighted by molar-refractivity contribution is 0.0698. The Kier molecular flexibility index (Phi) is 1.95. The molecule has 0 fully saturated rings. The fourth-order valence-electron chi connectivity index (χ4n) is 2.32. The first-order chi connectivity index (χ1) is 8.18. The van der Waals surface area contributed by atoms with Crippen molar-refractivity contribution in [1.29, 1.82) is 0 Å². The highest BCUT2D eigenvalue weighted by Gasteiger charge is 2.15. The summed E-state index contributed by atoms with van der Waals surface area (Å²) in [6, 6.07) is 11.5. The minimum atomic E-state index is -0.877. The van der Waals surface area contributed by atoms with Gasteiger partial charge in [-0.3, -0.25) is 0 Å². The Labute approximate surface area is 97.7 Å². The van der Waals surface area contributed by atoms with Gasteiger partial charge in [0.2, 0.25) is 0 Å². The van der Waals surface area contributed by atoms with E-state index in [0.717, 1.165) is 27.4 Å². The maximum atomic E-state index is 11.4. The van der Waals surface area contributed by atoms with Gasteiger partial charge >= 0.3 is 5.97 Å². The van der Waals surface area contributed by atoms with Crippen molar-refractivity contribution < 1.29 is 9.90 Å². The number of aryl methyl sites for hydroxylation is 1. The smallest absolute Gasteiger partial charge is 0.336 e. The molecule has 3 nitrogen and oxygen atoms in total. The van der Waals surface area contributed by atoms with Crippen molar-refractivity contribution in [2.45, 2.75) is 6.92 Å². The van der Waals surface area contributed by atoms with E-state index in [2.05, 4.69) is 4.98 Å². The minimum Gasteiger partial charge on any atom is -0.478 e. The molecule has 3 heteroatoms. The van der Waals surface area contributed by atoms with Gasteiger partial charge in [0.25, 0.3) is 0 Å². The van der Waals surface area contributed by atoms with Crippen LogP contribution in [0, 0.1) is 6.92 Å². The lowest BCUT2D eigenvalue weighted by atomic mass is 10.0. The average Bonchev–Trinajstić information content (AvgIpc) is 2.67. The largest absolute Gasteiger partial charge is 0.478 e. The van der Waals surface area contributed by atoms with Gasteiger partial charge < -0.3 is 10.1 Å². The van der Waals surface area contributed by atoms with Crippen LogP contribution in [0.25, 0.3) is 21.8 Å². The Morgan fingerprint density at radius 2 is 1.88 bits per heavy atom. The van der Waals surface area contributed by atoms with E-state index in [1.807, 2.05) is 43.3 Å². The second-order valence-electron chi connectivity index (χ2n) is 4.16. The summed E-state index contributed by atoms with van der Waals surface area (Å²) in [4.78, 5) is 14.6. The number of aromatic carboxylic acids is 1. The molecule has 2 N–H and O–H groups in total. The number of H-pyrrole nitrogens is 1. The van der Waals surface area contributed by atoms with Gasteiger partial charge in [-0.1, -0.05) is 24.3 Å². The van der Waals surface area contributed by atoms with E-state index >= 15 is 0 Å². The number of hydrogen-bond acceptors (Lipinski definition) is 1. The summed E-state index contributed by atoms with van der Waals surface area (Å²) in [7, 11) is 0. The van der Waals surface area contributed by atoms with E-state index in [4.69, 9.17) is 0 Å². The number of carboxylic acid groups (broad SMARTS) is 1. The molecule has 3 aromatic rings. The number of para-hydroxylation sites is 1. The molecule has 0 saturated carbocycles. The number of benzene rings is 2. The SMILES string of the molecule is Cc1ccc2[nH]c3ccccc3c2c1C(=O)O. The summed E-state index contributed by atoms with van der Waals surface area (Å²) in [5.74, 6) is -0.877. The predicted molar refractivity (Wildman–Crippen MR) is 67.5 cm³/mol. The highest BCUT2D eigenvalue weighted by atomic mass is 16.4. The number of fused-ring (bicyclic) bond motifs is 3. The standard InChI is InChI=1S/C14H11NO2/c1-8-6-7-11-13(12(8)14(16)17)9-4-2-3-5-10(9)15-11/h2-7,15H,1H3,(H,16,17). The van der Waals surface area contributed by atoms with Crippen molar-refractivity contribution in [2.24, 2.45) is 0 Å². The number of nitrogens with one attached hydrogen (secondary N) is 1. The van der Waals surface area contributed by atoms with Gasteiger partial charge in [0.15, 0.2) is 0 Å². The van der Waals surface area contributed by atoms with Gasteiger partial charge in [-0.05, 0) is 24.6 Å². The van der Waals surface area contributed by atoms with Crippen LogP contribution in [0.1, 0.15) is 15.9 Å². The quantitative estimate of drug-likeness (QED) is 0.667. The van der Waals surface area contributed by atoms with E-state index < -0.39 is 5.97 Å².